The molecule has 2 aliphatic rings. The first-order chi connectivity index (χ1) is 21.5. The average molecular weight is 660 g/mol. The summed E-state index contributed by atoms with van der Waals surface area (Å²) in [6.07, 6.45) is -4.12. The quantitative estimate of drug-likeness (QED) is 0.246. The Hall–Kier alpha value is -3.92. The zero-order valence-corrected chi connectivity index (χ0v) is 25.6. The molecule has 1 saturated heterocycles. The van der Waals surface area contributed by atoms with Crippen LogP contribution in [0.25, 0.3) is 17.1 Å². The highest BCUT2D eigenvalue weighted by Gasteiger charge is 2.33. The highest BCUT2D eigenvalue weighted by Crippen LogP contribution is 2.35. The van der Waals surface area contributed by atoms with Crippen molar-refractivity contribution in [2.24, 2.45) is 0 Å². The summed E-state index contributed by atoms with van der Waals surface area (Å²) >= 11 is 1.12. The van der Waals surface area contributed by atoms with E-state index in [1.54, 1.807) is 21.6 Å². The fourth-order valence-corrected chi connectivity index (χ4v) is 7.72. The summed E-state index contributed by atoms with van der Waals surface area (Å²) in [5.74, 6) is -0.294. The van der Waals surface area contributed by atoms with Gasteiger partial charge in [-0.05, 0) is 61.4 Å². The van der Waals surface area contributed by atoms with Crippen LogP contribution in [-0.2, 0) is 26.0 Å². The Bertz CT molecular complexity index is 1810. The number of anilines is 1. The second-order valence-corrected chi connectivity index (χ2v) is 13.3. The van der Waals surface area contributed by atoms with Gasteiger partial charge in [0, 0.05) is 36.1 Å². The molecular weight excluding hydrogens is 631 g/mol. The summed E-state index contributed by atoms with van der Waals surface area (Å²) < 4.78 is 77.4. The molecule has 0 spiro atoms. The molecule has 0 aliphatic carbocycles. The topological polar surface area (TPSA) is 107 Å². The van der Waals surface area contributed by atoms with E-state index < -0.39 is 22.1 Å². The van der Waals surface area contributed by atoms with Gasteiger partial charge >= 0.3 is 6.36 Å². The zero-order chi connectivity index (χ0) is 31.8. The van der Waals surface area contributed by atoms with Crippen molar-refractivity contribution in [2.45, 2.75) is 35.8 Å². The van der Waals surface area contributed by atoms with Crippen molar-refractivity contribution in [2.75, 3.05) is 37.0 Å². The number of amides is 1. The standard InChI is InChI=1S/C30H28F3N5O5S2/c1-20-17-21-5-2-3-8-26(21)37(20)27(39)19-44-29-35-34-28(38(29)23-9-11-24(12-10-23)43-30(31,32)33)22-6-4-7-25(18-22)45(40,41)36-13-15-42-16-14-36/h2-12,18,20H,13-17,19H2,1H3/t20-/m0/s1. The number of morpholine rings is 1. The van der Waals surface area contributed by atoms with Gasteiger partial charge in [0.1, 0.15) is 5.75 Å². The molecule has 4 aromatic rings. The van der Waals surface area contributed by atoms with Gasteiger partial charge in [0.05, 0.1) is 23.9 Å². The molecule has 0 bridgehead atoms. The molecule has 0 saturated carbocycles. The van der Waals surface area contributed by atoms with E-state index in [2.05, 4.69) is 14.9 Å². The molecule has 0 radical (unpaired) electrons. The number of sulfonamides is 1. The smallest absolute Gasteiger partial charge is 0.406 e. The van der Waals surface area contributed by atoms with E-state index in [1.807, 2.05) is 31.2 Å². The first-order valence-electron chi connectivity index (χ1n) is 14.0. The third kappa shape index (κ3) is 6.57. The van der Waals surface area contributed by atoms with Crippen molar-refractivity contribution >= 4 is 33.4 Å². The lowest BCUT2D eigenvalue weighted by Crippen LogP contribution is -2.40. The largest absolute Gasteiger partial charge is 0.573 e. The molecule has 45 heavy (non-hydrogen) atoms. The van der Waals surface area contributed by atoms with E-state index in [0.29, 0.717) is 29.6 Å². The van der Waals surface area contributed by atoms with Crippen LogP contribution in [-0.4, -0.2) is 77.9 Å². The fourth-order valence-electron chi connectivity index (χ4n) is 5.45. The van der Waals surface area contributed by atoms with Gasteiger partial charge in [0.25, 0.3) is 0 Å². The van der Waals surface area contributed by atoms with Crippen LogP contribution in [0, 0.1) is 0 Å². The summed E-state index contributed by atoms with van der Waals surface area (Å²) in [6.45, 7) is 3.02. The molecule has 10 nitrogen and oxygen atoms in total. The fraction of sp³-hybridized carbons (Fsp3) is 0.300. The number of fused-ring (bicyclic) bond motifs is 1. The predicted molar refractivity (Wildman–Crippen MR) is 161 cm³/mol. The third-order valence-electron chi connectivity index (χ3n) is 7.46. The average Bonchev–Trinajstić information content (AvgIpc) is 3.60. The molecule has 1 fully saturated rings. The molecule has 1 aromatic heterocycles. The van der Waals surface area contributed by atoms with Crippen LogP contribution in [0.2, 0.25) is 0 Å². The summed E-state index contributed by atoms with van der Waals surface area (Å²) in [6, 6.07) is 19.1. The molecule has 0 unspecified atom stereocenters. The Morgan fingerprint density at radius 2 is 1.76 bits per heavy atom. The Balaban J connectivity index is 1.34. The maximum Gasteiger partial charge on any atom is 0.573 e. The highest BCUT2D eigenvalue weighted by molar-refractivity contribution is 7.99. The summed E-state index contributed by atoms with van der Waals surface area (Å²) in [4.78, 5) is 15.3. The summed E-state index contributed by atoms with van der Waals surface area (Å²) in [7, 11) is -3.83. The molecule has 3 aromatic carbocycles. The summed E-state index contributed by atoms with van der Waals surface area (Å²) in [5, 5.41) is 8.94. The second kappa shape index (κ2) is 12.5. The SMILES string of the molecule is C[C@H]1Cc2ccccc2N1C(=O)CSc1nnc(-c2cccc(S(=O)(=O)N3CCOCC3)c2)n1-c1ccc(OC(F)(F)F)cc1. The molecule has 6 rings (SSSR count). The third-order valence-corrected chi connectivity index (χ3v) is 10.3. The number of ether oxygens (including phenoxy) is 2. The molecule has 1 amide bonds. The molecule has 0 N–H and O–H groups in total. The minimum atomic E-state index is -4.86. The van der Waals surface area contributed by atoms with Crippen molar-refractivity contribution in [3.63, 3.8) is 0 Å². The van der Waals surface area contributed by atoms with E-state index in [9.17, 15) is 26.4 Å². The molecule has 3 heterocycles. The number of hydrogen-bond acceptors (Lipinski definition) is 8. The predicted octanol–water partition coefficient (Wildman–Crippen LogP) is 4.92. The van der Waals surface area contributed by atoms with Gasteiger partial charge in [0.2, 0.25) is 15.9 Å². The van der Waals surface area contributed by atoms with E-state index >= 15 is 0 Å². The van der Waals surface area contributed by atoms with E-state index in [1.165, 1.54) is 28.6 Å². The van der Waals surface area contributed by atoms with E-state index in [-0.39, 0.29) is 41.5 Å². The van der Waals surface area contributed by atoms with Gasteiger partial charge in [0.15, 0.2) is 11.0 Å². The Morgan fingerprint density at radius 1 is 1.02 bits per heavy atom. The molecule has 2 aliphatic heterocycles. The molecule has 236 valence electrons. The normalized spacial score (nSPS) is 17.3. The van der Waals surface area contributed by atoms with Crippen molar-refractivity contribution in [3.05, 3.63) is 78.4 Å². The van der Waals surface area contributed by atoms with Crippen LogP contribution in [0.15, 0.2) is 82.8 Å². The van der Waals surface area contributed by atoms with Crippen molar-refractivity contribution < 1.29 is 35.9 Å². The van der Waals surface area contributed by atoms with Crippen LogP contribution in [0.4, 0.5) is 18.9 Å². The molecule has 15 heteroatoms. The van der Waals surface area contributed by atoms with Gasteiger partial charge < -0.3 is 14.4 Å². The van der Waals surface area contributed by atoms with E-state index in [0.717, 1.165) is 41.6 Å². The van der Waals surface area contributed by atoms with Crippen molar-refractivity contribution in [3.8, 4) is 22.8 Å². The summed E-state index contributed by atoms with van der Waals surface area (Å²) in [5.41, 5.74) is 2.74. The van der Waals surface area contributed by atoms with Crippen LogP contribution < -0.4 is 9.64 Å². The maximum absolute atomic E-state index is 13.4. The van der Waals surface area contributed by atoms with Gasteiger partial charge in [-0.15, -0.1) is 23.4 Å². The van der Waals surface area contributed by atoms with Crippen LogP contribution >= 0.6 is 11.8 Å². The van der Waals surface area contributed by atoms with Gasteiger partial charge in [-0.2, -0.15) is 4.31 Å². The number of carbonyl (C=O) groups is 1. The lowest BCUT2D eigenvalue weighted by molar-refractivity contribution is -0.274. The van der Waals surface area contributed by atoms with Crippen LogP contribution in [0.3, 0.4) is 0 Å². The van der Waals surface area contributed by atoms with Gasteiger partial charge in [-0.1, -0.05) is 42.1 Å². The van der Waals surface area contributed by atoms with Crippen LogP contribution in [0.5, 0.6) is 5.75 Å². The number of carbonyl (C=O) groups excluding carboxylic acids is 1. The van der Waals surface area contributed by atoms with Crippen molar-refractivity contribution in [1.29, 1.82) is 0 Å². The molecular formula is C30H28F3N5O5S2. The number of hydrogen-bond donors (Lipinski definition) is 0. The Kier molecular flexibility index (Phi) is 8.61. The number of benzene rings is 3. The highest BCUT2D eigenvalue weighted by atomic mass is 32.2. The Labute approximate surface area is 261 Å². The lowest BCUT2D eigenvalue weighted by Gasteiger charge is -2.26. The van der Waals surface area contributed by atoms with Crippen molar-refractivity contribution in [1.82, 2.24) is 19.1 Å². The number of para-hydroxylation sites is 1. The Morgan fingerprint density at radius 3 is 2.49 bits per heavy atom. The first-order valence-corrected chi connectivity index (χ1v) is 16.5. The minimum absolute atomic E-state index is 0.0114. The number of halogens is 3. The number of rotatable bonds is 8. The number of alkyl halides is 3. The molecule has 1 atom stereocenters. The first kappa shape index (κ1) is 31.1. The van der Waals surface area contributed by atoms with Gasteiger partial charge in [-0.3, -0.25) is 9.36 Å². The monoisotopic (exact) mass is 659 g/mol. The number of thioether (sulfide) groups is 1. The van der Waals surface area contributed by atoms with Gasteiger partial charge in [-0.25, -0.2) is 8.42 Å². The van der Waals surface area contributed by atoms with Crippen LogP contribution in [0.1, 0.15) is 12.5 Å². The van der Waals surface area contributed by atoms with E-state index in [4.69, 9.17) is 4.74 Å². The number of nitrogens with zero attached hydrogens (tertiary/aromatic N) is 5. The number of aromatic nitrogens is 3. The zero-order valence-electron chi connectivity index (χ0n) is 24.0. The second-order valence-electron chi connectivity index (χ2n) is 10.5. The lowest BCUT2D eigenvalue weighted by atomic mass is 10.1. The minimum Gasteiger partial charge on any atom is -0.406 e. The maximum atomic E-state index is 13.4.